The molecule has 0 aliphatic heterocycles. The van der Waals surface area contributed by atoms with E-state index in [1.165, 1.54) is 44.1 Å². The summed E-state index contributed by atoms with van der Waals surface area (Å²) in [5.74, 6) is 1.68. The Bertz CT molecular complexity index is 277. The summed E-state index contributed by atoms with van der Waals surface area (Å²) in [6.45, 7) is 2.29. The molecule has 0 spiro atoms. The Labute approximate surface area is 99.3 Å². The van der Waals surface area contributed by atoms with Gasteiger partial charge in [-0.1, -0.05) is 31.4 Å². The van der Waals surface area contributed by atoms with Crippen molar-refractivity contribution in [2.75, 3.05) is 0 Å². The van der Waals surface area contributed by atoms with Crippen LogP contribution >= 0.6 is 0 Å². The van der Waals surface area contributed by atoms with E-state index in [0.29, 0.717) is 11.7 Å². The van der Waals surface area contributed by atoms with Gasteiger partial charge in [-0.3, -0.25) is 4.79 Å². The second kappa shape index (κ2) is 5.65. The van der Waals surface area contributed by atoms with Crippen LogP contribution in [0.1, 0.15) is 64.7 Å². The predicted molar refractivity (Wildman–Crippen MR) is 67.3 cm³/mol. The lowest BCUT2D eigenvalue weighted by molar-refractivity contribution is -0.123. The molecular formula is C15H24O. The molecule has 0 N–H and O–H groups in total. The van der Waals surface area contributed by atoms with E-state index >= 15 is 0 Å². The van der Waals surface area contributed by atoms with Crippen LogP contribution in [0, 0.1) is 11.8 Å². The smallest absolute Gasteiger partial charge is 0.140 e. The van der Waals surface area contributed by atoms with E-state index in [4.69, 9.17) is 0 Å². The minimum atomic E-state index is 0.381. The Morgan fingerprint density at radius 2 is 2.19 bits per heavy atom. The van der Waals surface area contributed by atoms with Crippen molar-refractivity contribution < 1.29 is 4.79 Å². The first kappa shape index (κ1) is 11.9. The summed E-state index contributed by atoms with van der Waals surface area (Å²) < 4.78 is 0. The van der Waals surface area contributed by atoms with Crippen molar-refractivity contribution >= 4 is 5.78 Å². The molecule has 0 saturated heterocycles. The van der Waals surface area contributed by atoms with E-state index in [0.717, 1.165) is 25.2 Å². The van der Waals surface area contributed by atoms with E-state index in [-0.39, 0.29) is 0 Å². The fourth-order valence-electron chi connectivity index (χ4n) is 3.16. The summed E-state index contributed by atoms with van der Waals surface area (Å²) in [6.07, 6.45) is 12.9. The van der Waals surface area contributed by atoms with Gasteiger partial charge in [-0.15, -0.1) is 0 Å². The van der Waals surface area contributed by atoms with Gasteiger partial charge in [-0.05, 0) is 44.4 Å². The van der Waals surface area contributed by atoms with Crippen LogP contribution in [-0.2, 0) is 4.79 Å². The maximum Gasteiger partial charge on any atom is 0.140 e. The Morgan fingerprint density at radius 3 is 2.88 bits per heavy atom. The summed E-state index contributed by atoms with van der Waals surface area (Å²) in [6, 6.07) is 0. The average Bonchev–Trinajstić information content (AvgIpc) is 2.30. The molecule has 1 fully saturated rings. The Kier molecular flexibility index (Phi) is 4.20. The first-order valence-electron chi connectivity index (χ1n) is 6.96. The summed E-state index contributed by atoms with van der Waals surface area (Å²) in [5, 5.41) is 0. The minimum Gasteiger partial charge on any atom is -0.299 e. The maximum atomic E-state index is 12.2. The molecule has 0 heterocycles. The van der Waals surface area contributed by atoms with Crippen molar-refractivity contribution in [2.45, 2.75) is 64.7 Å². The number of carbonyl (C=O) groups is 1. The van der Waals surface area contributed by atoms with Crippen LogP contribution in [0.4, 0.5) is 0 Å². The van der Waals surface area contributed by atoms with Crippen LogP contribution in [0.15, 0.2) is 11.6 Å². The molecule has 1 saturated carbocycles. The highest BCUT2D eigenvalue weighted by Crippen LogP contribution is 2.31. The van der Waals surface area contributed by atoms with Gasteiger partial charge in [0.2, 0.25) is 0 Å². The zero-order valence-electron chi connectivity index (χ0n) is 10.5. The second-order valence-electron chi connectivity index (χ2n) is 5.72. The Morgan fingerprint density at radius 1 is 1.31 bits per heavy atom. The molecule has 2 aliphatic carbocycles. The standard InChI is InChI=1S/C15H24O/c1-12-6-5-9-14(10-12)15(16)11-13-7-3-2-4-8-13/h7,12,14H,2-6,8-11H2,1H3. The number of rotatable bonds is 3. The van der Waals surface area contributed by atoms with Crippen molar-refractivity contribution in [2.24, 2.45) is 11.8 Å². The number of ketones is 1. The molecule has 2 unspecified atom stereocenters. The van der Waals surface area contributed by atoms with Crippen LogP contribution in [0.2, 0.25) is 0 Å². The van der Waals surface area contributed by atoms with Crippen molar-refractivity contribution in [3.8, 4) is 0 Å². The zero-order valence-corrected chi connectivity index (χ0v) is 10.5. The van der Waals surface area contributed by atoms with Gasteiger partial charge in [0.15, 0.2) is 0 Å². The highest BCUT2D eigenvalue weighted by molar-refractivity contribution is 5.83. The van der Waals surface area contributed by atoms with Gasteiger partial charge >= 0.3 is 0 Å². The highest BCUT2D eigenvalue weighted by Gasteiger charge is 2.25. The van der Waals surface area contributed by atoms with E-state index in [1.807, 2.05) is 0 Å². The third kappa shape index (κ3) is 3.20. The third-order valence-electron chi connectivity index (χ3n) is 4.18. The zero-order chi connectivity index (χ0) is 11.4. The Hall–Kier alpha value is -0.590. The van der Waals surface area contributed by atoms with Crippen LogP contribution in [0.25, 0.3) is 0 Å². The summed E-state index contributed by atoms with van der Waals surface area (Å²) in [5.41, 5.74) is 1.43. The second-order valence-corrected chi connectivity index (χ2v) is 5.72. The lowest BCUT2D eigenvalue weighted by Crippen LogP contribution is -2.22. The molecule has 0 aromatic rings. The molecule has 2 rings (SSSR count). The molecular weight excluding hydrogens is 196 g/mol. The molecule has 1 heteroatoms. The fourth-order valence-corrected chi connectivity index (χ4v) is 3.16. The van der Waals surface area contributed by atoms with Gasteiger partial charge in [0.25, 0.3) is 0 Å². The van der Waals surface area contributed by atoms with Crippen LogP contribution in [-0.4, -0.2) is 5.78 Å². The fraction of sp³-hybridized carbons (Fsp3) is 0.800. The summed E-state index contributed by atoms with van der Waals surface area (Å²) in [4.78, 5) is 12.2. The van der Waals surface area contributed by atoms with Gasteiger partial charge in [-0.2, -0.15) is 0 Å². The molecule has 1 nitrogen and oxygen atoms in total. The molecule has 2 atom stereocenters. The topological polar surface area (TPSA) is 17.1 Å². The van der Waals surface area contributed by atoms with Gasteiger partial charge in [0.1, 0.15) is 5.78 Å². The van der Waals surface area contributed by atoms with Crippen molar-refractivity contribution in [3.05, 3.63) is 11.6 Å². The van der Waals surface area contributed by atoms with Crippen molar-refractivity contribution in [3.63, 3.8) is 0 Å². The van der Waals surface area contributed by atoms with Gasteiger partial charge < -0.3 is 0 Å². The quantitative estimate of drug-likeness (QED) is 0.649. The number of carbonyl (C=O) groups excluding carboxylic acids is 1. The summed E-state index contributed by atoms with van der Waals surface area (Å²) >= 11 is 0. The van der Waals surface area contributed by atoms with Gasteiger partial charge in [0.05, 0.1) is 0 Å². The molecule has 0 aromatic heterocycles. The van der Waals surface area contributed by atoms with E-state index in [1.54, 1.807) is 0 Å². The molecule has 0 aromatic carbocycles. The molecule has 16 heavy (non-hydrogen) atoms. The van der Waals surface area contributed by atoms with E-state index in [2.05, 4.69) is 13.0 Å². The predicted octanol–water partition coefficient (Wildman–Crippen LogP) is 4.27. The maximum absolute atomic E-state index is 12.2. The number of hydrogen-bond donors (Lipinski definition) is 0. The van der Waals surface area contributed by atoms with Crippen LogP contribution < -0.4 is 0 Å². The molecule has 0 amide bonds. The monoisotopic (exact) mass is 220 g/mol. The highest BCUT2D eigenvalue weighted by atomic mass is 16.1. The van der Waals surface area contributed by atoms with Gasteiger partial charge in [0, 0.05) is 12.3 Å². The number of Topliss-reactive ketones (excluding diaryl/α,β-unsaturated/α-hetero) is 1. The van der Waals surface area contributed by atoms with E-state index < -0.39 is 0 Å². The van der Waals surface area contributed by atoms with Gasteiger partial charge in [-0.25, -0.2) is 0 Å². The lowest BCUT2D eigenvalue weighted by Gasteiger charge is -2.26. The normalized spacial score (nSPS) is 30.9. The first-order valence-corrected chi connectivity index (χ1v) is 6.96. The van der Waals surface area contributed by atoms with Crippen molar-refractivity contribution in [1.29, 1.82) is 0 Å². The molecule has 2 aliphatic rings. The first-order chi connectivity index (χ1) is 7.75. The Balaban J connectivity index is 1.84. The average molecular weight is 220 g/mol. The van der Waals surface area contributed by atoms with Crippen LogP contribution in [0.3, 0.4) is 0 Å². The third-order valence-corrected chi connectivity index (χ3v) is 4.18. The number of hydrogen-bond acceptors (Lipinski definition) is 1. The van der Waals surface area contributed by atoms with E-state index in [9.17, 15) is 4.79 Å². The summed E-state index contributed by atoms with van der Waals surface area (Å²) in [7, 11) is 0. The van der Waals surface area contributed by atoms with Crippen LogP contribution in [0.5, 0.6) is 0 Å². The van der Waals surface area contributed by atoms with Crippen molar-refractivity contribution in [1.82, 2.24) is 0 Å². The lowest BCUT2D eigenvalue weighted by atomic mass is 9.78. The molecule has 0 radical (unpaired) electrons. The SMILES string of the molecule is CC1CCCC(C(=O)CC2=CCCCC2)C1. The minimum absolute atomic E-state index is 0.381. The molecule has 0 bridgehead atoms. The molecule has 90 valence electrons. The number of allylic oxidation sites excluding steroid dienone is 2. The largest absolute Gasteiger partial charge is 0.299 e.